The van der Waals surface area contributed by atoms with Gasteiger partial charge >= 0.3 is 6.03 Å². The Labute approximate surface area is 127 Å². The van der Waals surface area contributed by atoms with E-state index in [1.54, 1.807) is 37.6 Å². The highest BCUT2D eigenvalue weighted by Gasteiger charge is 1.99. The Morgan fingerprint density at radius 1 is 1.14 bits per heavy atom. The predicted octanol–water partition coefficient (Wildman–Crippen LogP) is 3.50. The number of ether oxygens (including phenoxy) is 1. The van der Waals surface area contributed by atoms with Crippen molar-refractivity contribution < 1.29 is 9.53 Å². The Hall–Kier alpha value is -2.53. The summed E-state index contributed by atoms with van der Waals surface area (Å²) in [5, 5.41) is 7.10. The molecule has 2 amide bonds. The van der Waals surface area contributed by atoms with Gasteiger partial charge in [-0.1, -0.05) is 11.6 Å². The summed E-state index contributed by atoms with van der Waals surface area (Å²) in [5.74, 6) is 0.764. The van der Waals surface area contributed by atoms with E-state index >= 15 is 0 Å². The number of nitrogens with zero attached hydrogens (tertiary/aromatic N) is 1. The number of urea groups is 1. The molecule has 108 valence electrons. The van der Waals surface area contributed by atoms with Crippen LogP contribution in [-0.2, 0) is 0 Å². The topological polar surface area (TPSA) is 62.7 Å². The Bertz CT molecular complexity index is 624. The van der Waals surface area contributed by atoms with Crippen molar-refractivity contribution in [2.75, 3.05) is 12.4 Å². The minimum Gasteiger partial charge on any atom is -0.497 e. The van der Waals surface area contributed by atoms with Gasteiger partial charge in [0.1, 0.15) is 5.75 Å². The molecule has 0 atom stereocenters. The summed E-state index contributed by atoms with van der Waals surface area (Å²) in [5.41, 5.74) is 3.86. The zero-order valence-corrected chi connectivity index (χ0v) is 12.1. The standard InChI is InChI=1S/C15H14ClN3O2/c1-21-14-8-2-11(3-9-14)10-17-19-15(20)18-13-6-4-12(16)5-7-13/h2-10H,1H3,(H2,18,19,20)/b17-10-. The highest BCUT2D eigenvalue weighted by molar-refractivity contribution is 6.30. The van der Waals surface area contributed by atoms with Crippen LogP contribution in [0.4, 0.5) is 10.5 Å². The summed E-state index contributed by atoms with van der Waals surface area (Å²) >= 11 is 5.76. The van der Waals surface area contributed by atoms with Crippen LogP contribution in [0, 0.1) is 0 Å². The summed E-state index contributed by atoms with van der Waals surface area (Å²) < 4.78 is 5.05. The Morgan fingerprint density at radius 2 is 1.81 bits per heavy atom. The molecule has 0 heterocycles. The molecule has 0 unspecified atom stereocenters. The molecule has 0 spiro atoms. The fraction of sp³-hybridized carbons (Fsp3) is 0.0667. The fourth-order valence-corrected chi connectivity index (χ4v) is 1.67. The normalized spacial score (nSPS) is 10.4. The van der Waals surface area contributed by atoms with Gasteiger partial charge < -0.3 is 10.1 Å². The summed E-state index contributed by atoms with van der Waals surface area (Å²) in [4.78, 5) is 11.6. The molecule has 0 fully saturated rings. The molecule has 0 saturated heterocycles. The predicted molar refractivity (Wildman–Crippen MR) is 84.2 cm³/mol. The van der Waals surface area contributed by atoms with Crippen LogP contribution in [0.25, 0.3) is 0 Å². The molecule has 0 radical (unpaired) electrons. The quantitative estimate of drug-likeness (QED) is 0.670. The van der Waals surface area contributed by atoms with Crippen LogP contribution in [-0.4, -0.2) is 19.4 Å². The van der Waals surface area contributed by atoms with Crippen molar-refractivity contribution in [3.63, 3.8) is 0 Å². The molecule has 2 rings (SSSR count). The van der Waals surface area contributed by atoms with Crippen molar-refractivity contribution in [3.05, 3.63) is 59.1 Å². The van der Waals surface area contributed by atoms with E-state index in [0.717, 1.165) is 11.3 Å². The van der Waals surface area contributed by atoms with E-state index in [9.17, 15) is 4.79 Å². The third-order valence-electron chi connectivity index (χ3n) is 2.60. The van der Waals surface area contributed by atoms with Gasteiger partial charge in [0.05, 0.1) is 13.3 Å². The van der Waals surface area contributed by atoms with Crippen molar-refractivity contribution in [2.45, 2.75) is 0 Å². The minimum absolute atomic E-state index is 0.429. The highest BCUT2D eigenvalue weighted by atomic mass is 35.5. The lowest BCUT2D eigenvalue weighted by Gasteiger charge is -2.04. The first-order valence-corrected chi connectivity index (χ1v) is 6.55. The van der Waals surface area contributed by atoms with Crippen molar-refractivity contribution in [1.82, 2.24) is 5.43 Å². The molecule has 5 nitrogen and oxygen atoms in total. The average molecular weight is 304 g/mol. The maximum atomic E-state index is 11.6. The number of methoxy groups -OCH3 is 1. The van der Waals surface area contributed by atoms with Crippen LogP contribution in [0.15, 0.2) is 53.6 Å². The van der Waals surface area contributed by atoms with Gasteiger partial charge in [-0.25, -0.2) is 10.2 Å². The van der Waals surface area contributed by atoms with Crippen molar-refractivity contribution in [1.29, 1.82) is 0 Å². The number of carbonyl (C=O) groups excluding carboxylic acids is 1. The van der Waals surface area contributed by atoms with Gasteiger partial charge in [-0.3, -0.25) is 0 Å². The Morgan fingerprint density at radius 3 is 2.43 bits per heavy atom. The molecule has 0 aliphatic heterocycles. The zero-order chi connectivity index (χ0) is 15.1. The van der Waals surface area contributed by atoms with E-state index < -0.39 is 6.03 Å². The average Bonchev–Trinajstić information content (AvgIpc) is 2.50. The van der Waals surface area contributed by atoms with Crippen LogP contribution in [0.3, 0.4) is 0 Å². The third kappa shape index (κ3) is 4.81. The number of rotatable bonds is 4. The number of benzene rings is 2. The lowest BCUT2D eigenvalue weighted by molar-refractivity contribution is 0.252. The van der Waals surface area contributed by atoms with Gasteiger partial charge in [-0.2, -0.15) is 5.10 Å². The highest BCUT2D eigenvalue weighted by Crippen LogP contribution is 2.13. The van der Waals surface area contributed by atoms with Gasteiger partial charge in [-0.05, 0) is 54.1 Å². The summed E-state index contributed by atoms with van der Waals surface area (Å²) in [6.07, 6.45) is 1.54. The van der Waals surface area contributed by atoms with E-state index in [1.165, 1.54) is 0 Å². The molecule has 0 bridgehead atoms. The second kappa shape index (κ2) is 7.31. The van der Waals surface area contributed by atoms with E-state index in [1.807, 2.05) is 24.3 Å². The van der Waals surface area contributed by atoms with Crippen LogP contribution in [0.5, 0.6) is 5.75 Å². The van der Waals surface area contributed by atoms with E-state index in [-0.39, 0.29) is 0 Å². The number of anilines is 1. The molecule has 2 aromatic rings. The number of hydrogen-bond donors (Lipinski definition) is 2. The number of halogens is 1. The monoisotopic (exact) mass is 303 g/mol. The maximum absolute atomic E-state index is 11.6. The number of amides is 2. The molecule has 2 N–H and O–H groups in total. The number of hydrogen-bond acceptors (Lipinski definition) is 3. The van der Waals surface area contributed by atoms with Gasteiger partial charge in [0.2, 0.25) is 0 Å². The molecular formula is C15H14ClN3O2. The summed E-state index contributed by atoms with van der Waals surface area (Å²) in [6, 6.07) is 13.7. The Balaban J connectivity index is 1.85. The number of nitrogens with one attached hydrogen (secondary N) is 2. The van der Waals surface area contributed by atoms with Crippen LogP contribution in [0.1, 0.15) is 5.56 Å². The number of carbonyl (C=O) groups is 1. The number of hydrazone groups is 1. The maximum Gasteiger partial charge on any atom is 0.339 e. The first-order chi connectivity index (χ1) is 10.2. The van der Waals surface area contributed by atoms with Crippen LogP contribution < -0.4 is 15.5 Å². The molecule has 0 aromatic heterocycles. The molecule has 2 aromatic carbocycles. The summed E-state index contributed by atoms with van der Waals surface area (Å²) in [7, 11) is 1.60. The fourth-order valence-electron chi connectivity index (χ4n) is 1.55. The zero-order valence-electron chi connectivity index (χ0n) is 11.3. The van der Waals surface area contributed by atoms with Gasteiger partial charge in [0, 0.05) is 10.7 Å². The summed E-state index contributed by atoms with van der Waals surface area (Å²) in [6.45, 7) is 0. The minimum atomic E-state index is -0.429. The molecule has 0 aliphatic carbocycles. The lowest BCUT2D eigenvalue weighted by atomic mass is 10.2. The van der Waals surface area contributed by atoms with Crippen LogP contribution in [0.2, 0.25) is 5.02 Å². The smallest absolute Gasteiger partial charge is 0.339 e. The first-order valence-electron chi connectivity index (χ1n) is 6.17. The first kappa shape index (κ1) is 14.9. The molecule has 0 saturated carbocycles. The van der Waals surface area contributed by atoms with Crippen molar-refractivity contribution >= 4 is 29.5 Å². The van der Waals surface area contributed by atoms with Crippen molar-refractivity contribution in [3.8, 4) is 5.75 Å². The van der Waals surface area contributed by atoms with E-state index in [2.05, 4.69) is 15.8 Å². The second-order valence-corrected chi connectivity index (χ2v) is 4.54. The van der Waals surface area contributed by atoms with Gasteiger partial charge in [-0.15, -0.1) is 0 Å². The second-order valence-electron chi connectivity index (χ2n) is 4.10. The van der Waals surface area contributed by atoms with E-state index in [4.69, 9.17) is 16.3 Å². The molecule has 21 heavy (non-hydrogen) atoms. The molecule has 6 heteroatoms. The molecular weight excluding hydrogens is 290 g/mol. The largest absolute Gasteiger partial charge is 0.497 e. The van der Waals surface area contributed by atoms with Crippen molar-refractivity contribution in [2.24, 2.45) is 5.10 Å². The lowest BCUT2D eigenvalue weighted by Crippen LogP contribution is -2.24. The molecule has 0 aliphatic rings. The van der Waals surface area contributed by atoms with Crippen LogP contribution >= 0.6 is 11.6 Å². The SMILES string of the molecule is COc1ccc(/C=N\NC(=O)Nc2ccc(Cl)cc2)cc1. The van der Waals surface area contributed by atoms with Gasteiger partial charge in [0.25, 0.3) is 0 Å². The third-order valence-corrected chi connectivity index (χ3v) is 2.85. The van der Waals surface area contributed by atoms with Gasteiger partial charge in [0.15, 0.2) is 0 Å². The Kier molecular flexibility index (Phi) is 5.17. The van der Waals surface area contributed by atoms with E-state index in [0.29, 0.717) is 10.7 Å².